The van der Waals surface area contributed by atoms with Gasteiger partial charge in [0.1, 0.15) is 17.5 Å². The van der Waals surface area contributed by atoms with Crippen LogP contribution < -0.4 is 10.1 Å². The Kier molecular flexibility index (Phi) is 7.36. The molecule has 13 heteroatoms. The molecule has 1 aliphatic heterocycles. The van der Waals surface area contributed by atoms with E-state index in [0.29, 0.717) is 5.56 Å². The second-order valence-corrected chi connectivity index (χ2v) is 9.39. The number of phenols is 1. The Morgan fingerprint density at radius 3 is 2.41 bits per heavy atom. The molecule has 2 aromatic carbocycles. The molecule has 0 unspecified atom stereocenters. The van der Waals surface area contributed by atoms with Crippen LogP contribution in [0.5, 0.6) is 11.5 Å². The van der Waals surface area contributed by atoms with E-state index < -0.39 is 34.1 Å². The maximum absolute atomic E-state index is 13.2. The van der Waals surface area contributed by atoms with Gasteiger partial charge in [-0.25, -0.2) is 8.42 Å². The fourth-order valence-electron chi connectivity index (χ4n) is 3.48. The Balaban J connectivity index is 1.82. The summed E-state index contributed by atoms with van der Waals surface area (Å²) in [5.41, 5.74) is 0.572. The molecule has 0 spiro atoms. The predicted octanol–water partition coefficient (Wildman–Crippen LogP) is 1.83. The van der Waals surface area contributed by atoms with E-state index in [1.54, 1.807) is 12.1 Å². The Labute approximate surface area is 193 Å². The van der Waals surface area contributed by atoms with Crippen LogP contribution in [0.15, 0.2) is 53.4 Å². The Morgan fingerprint density at radius 2 is 1.82 bits per heavy atom. The zero-order valence-electron chi connectivity index (χ0n) is 17.9. The number of rotatable bonds is 6. The average Bonchev–Trinajstić information content (AvgIpc) is 2.76. The number of halogens is 3. The van der Waals surface area contributed by atoms with E-state index in [-0.39, 0.29) is 42.7 Å². The monoisotopic (exact) mass is 501 g/mol. The molecular weight excluding hydrogens is 479 g/mol. The van der Waals surface area contributed by atoms with Crippen molar-refractivity contribution in [3.63, 3.8) is 0 Å². The molecule has 0 aromatic heterocycles. The molecule has 1 atom stereocenters. The molecule has 1 heterocycles. The number of alkyl halides is 3. The maximum Gasteiger partial charge on any atom is 0.573 e. The van der Waals surface area contributed by atoms with Crippen molar-refractivity contribution >= 4 is 21.8 Å². The van der Waals surface area contributed by atoms with Gasteiger partial charge in [0.2, 0.25) is 21.8 Å². The summed E-state index contributed by atoms with van der Waals surface area (Å²) in [6, 6.07) is 8.49. The minimum absolute atomic E-state index is 0.00116. The van der Waals surface area contributed by atoms with Crippen LogP contribution in [0.25, 0.3) is 0 Å². The summed E-state index contributed by atoms with van der Waals surface area (Å²) in [5.74, 6) is -1.60. The largest absolute Gasteiger partial charge is 0.573 e. The van der Waals surface area contributed by atoms with Crippen LogP contribution in [-0.4, -0.2) is 66.6 Å². The van der Waals surface area contributed by atoms with E-state index in [0.717, 1.165) is 28.6 Å². The Bertz CT molecular complexity index is 1160. The van der Waals surface area contributed by atoms with Crippen LogP contribution in [0, 0.1) is 0 Å². The molecule has 34 heavy (non-hydrogen) atoms. The summed E-state index contributed by atoms with van der Waals surface area (Å²) in [6.07, 6.45) is -4.93. The van der Waals surface area contributed by atoms with Crippen LogP contribution in [-0.2, 0) is 26.2 Å². The minimum Gasteiger partial charge on any atom is -0.508 e. The predicted molar refractivity (Wildman–Crippen MR) is 113 cm³/mol. The highest BCUT2D eigenvalue weighted by atomic mass is 32.2. The highest BCUT2D eigenvalue weighted by molar-refractivity contribution is 7.89. The van der Waals surface area contributed by atoms with Gasteiger partial charge in [0.05, 0.1) is 4.90 Å². The van der Waals surface area contributed by atoms with Gasteiger partial charge in [0.15, 0.2) is 0 Å². The molecule has 2 N–H and O–H groups in total. The lowest BCUT2D eigenvalue weighted by atomic mass is 10.1. The third-order valence-corrected chi connectivity index (χ3v) is 7.04. The zero-order valence-corrected chi connectivity index (χ0v) is 18.8. The number of nitrogens with zero attached hydrogens (tertiary/aromatic N) is 2. The van der Waals surface area contributed by atoms with Gasteiger partial charge in [-0.2, -0.15) is 4.31 Å². The van der Waals surface area contributed by atoms with E-state index in [4.69, 9.17) is 0 Å². The SMILES string of the molecule is CC(=O)N1CCN(S(=O)(=O)c2ccc(OC(F)(F)F)cc2)[C@@H](C(=O)NCc2cccc(O)c2)C1. The van der Waals surface area contributed by atoms with Crippen molar-refractivity contribution in [2.24, 2.45) is 0 Å². The fraction of sp³-hybridized carbons (Fsp3) is 0.333. The van der Waals surface area contributed by atoms with E-state index in [2.05, 4.69) is 10.1 Å². The second-order valence-electron chi connectivity index (χ2n) is 7.50. The smallest absolute Gasteiger partial charge is 0.508 e. The third kappa shape index (κ3) is 6.17. The number of hydrogen-bond acceptors (Lipinski definition) is 6. The molecule has 9 nitrogen and oxygen atoms in total. The molecule has 3 rings (SSSR count). The molecule has 0 radical (unpaired) electrons. The van der Waals surface area contributed by atoms with Crippen molar-refractivity contribution in [3.05, 3.63) is 54.1 Å². The van der Waals surface area contributed by atoms with Crippen LogP contribution in [0.1, 0.15) is 12.5 Å². The lowest BCUT2D eigenvalue weighted by Gasteiger charge is -2.39. The van der Waals surface area contributed by atoms with Crippen LogP contribution in [0.3, 0.4) is 0 Å². The van der Waals surface area contributed by atoms with Gasteiger partial charge in [-0.1, -0.05) is 12.1 Å². The standard InChI is InChI=1S/C21H22F3N3O6S/c1-14(28)26-9-10-27(19(13-26)20(30)25-12-15-3-2-4-16(29)11-15)34(31,32)18-7-5-17(6-8-18)33-21(22,23)24/h2-8,11,19,29H,9-10,12-13H2,1H3,(H,25,30)/t19-/m1/s1. The Morgan fingerprint density at radius 1 is 1.15 bits per heavy atom. The summed E-state index contributed by atoms with van der Waals surface area (Å²) in [4.78, 5) is 25.8. The normalized spacial score (nSPS) is 17.3. The van der Waals surface area contributed by atoms with Crippen molar-refractivity contribution in [2.75, 3.05) is 19.6 Å². The van der Waals surface area contributed by atoms with Crippen molar-refractivity contribution in [2.45, 2.75) is 30.8 Å². The van der Waals surface area contributed by atoms with E-state index in [1.165, 1.54) is 24.0 Å². The number of carbonyl (C=O) groups excluding carboxylic acids is 2. The molecule has 184 valence electrons. The molecule has 2 amide bonds. The summed E-state index contributed by atoms with van der Waals surface area (Å²) in [6.45, 7) is 0.954. The number of phenolic OH excluding ortho intramolecular Hbond substituents is 1. The summed E-state index contributed by atoms with van der Waals surface area (Å²) >= 11 is 0. The number of benzene rings is 2. The van der Waals surface area contributed by atoms with Gasteiger partial charge in [-0.15, -0.1) is 13.2 Å². The van der Waals surface area contributed by atoms with Crippen LogP contribution in [0.2, 0.25) is 0 Å². The molecular formula is C21H22F3N3O6S. The quantitative estimate of drug-likeness (QED) is 0.624. The van der Waals surface area contributed by atoms with Crippen molar-refractivity contribution in [3.8, 4) is 11.5 Å². The van der Waals surface area contributed by atoms with Gasteiger partial charge in [-0.05, 0) is 42.0 Å². The number of hydrogen-bond donors (Lipinski definition) is 2. The first-order valence-electron chi connectivity index (χ1n) is 10.1. The van der Waals surface area contributed by atoms with Gasteiger partial charge in [-0.3, -0.25) is 9.59 Å². The highest BCUT2D eigenvalue weighted by Crippen LogP contribution is 2.27. The van der Waals surface area contributed by atoms with Crippen molar-refractivity contribution in [1.82, 2.24) is 14.5 Å². The van der Waals surface area contributed by atoms with Gasteiger partial charge >= 0.3 is 6.36 Å². The Hall–Kier alpha value is -3.32. The number of carbonyl (C=O) groups is 2. The maximum atomic E-state index is 13.2. The highest BCUT2D eigenvalue weighted by Gasteiger charge is 2.41. The molecule has 0 aliphatic carbocycles. The molecule has 0 saturated carbocycles. The van der Waals surface area contributed by atoms with Crippen molar-refractivity contribution < 1.29 is 41.0 Å². The van der Waals surface area contributed by atoms with Gasteiger partial charge in [0, 0.05) is 33.1 Å². The summed E-state index contributed by atoms with van der Waals surface area (Å²) < 4.78 is 68.3. The third-order valence-electron chi connectivity index (χ3n) is 5.12. The topological polar surface area (TPSA) is 116 Å². The zero-order chi connectivity index (χ0) is 25.1. The summed E-state index contributed by atoms with van der Waals surface area (Å²) in [7, 11) is -4.30. The molecule has 1 fully saturated rings. The number of piperazine rings is 1. The van der Waals surface area contributed by atoms with Crippen molar-refractivity contribution in [1.29, 1.82) is 0 Å². The molecule has 0 bridgehead atoms. The van der Waals surface area contributed by atoms with Gasteiger partial charge in [0.25, 0.3) is 0 Å². The second kappa shape index (κ2) is 9.89. The molecule has 1 aliphatic rings. The number of ether oxygens (including phenoxy) is 1. The van der Waals surface area contributed by atoms with E-state index >= 15 is 0 Å². The number of amides is 2. The first kappa shape index (κ1) is 25.3. The molecule has 2 aromatic rings. The van der Waals surface area contributed by atoms with E-state index in [1.807, 2.05) is 0 Å². The number of nitrogens with one attached hydrogen (secondary N) is 1. The summed E-state index contributed by atoms with van der Waals surface area (Å²) in [5, 5.41) is 12.2. The lowest BCUT2D eigenvalue weighted by Crippen LogP contribution is -2.61. The fourth-order valence-corrected chi connectivity index (χ4v) is 5.05. The lowest BCUT2D eigenvalue weighted by molar-refractivity contribution is -0.274. The first-order valence-corrected chi connectivity index (χ1v) is 11.5. The average molecular weight is 501 g/mol. The van der Waals surface area contributed by atoms with Gasteiger partial charge < -0.3 is 20.1 Å². The van der Waals surface area contributed by atoms with Crippen LogP contribution in [0.4, 0.5) is 13.2 Å². The first-order chi connectivity index (χ1) is 15.9. The van der Waals surface area contributed by atoms with Crippen LogP contribution >= 0.6 is 0 Å². The number of sulfonamides is 1. The molecule has 1 saturated heterocycles. The minimum atomic E-state index is -4.93. The number of aromatic hydroxyl groups is 1. The van der Waals surface area contributed by atoms with E-state index in [9.17, 15) is 36.3 Å².